The molecule has 0 radical (unpaired) electrons. The first-order valence-corrected chi connectivity index (χ1v) is 9.47. The van der Waals surface area contributed by atoms with E-state index < -0.39 is 17.9 Å². The number of amides is 1. The summed E-state index contributed by atoms with van der Waals surface area (Å²) >= 11 is 6.22. The molecule has 0 fully saturated rings. The zero-order valence-electron chi connectivity index (χ0n) is 15.7. The summed E-state index contributed by atoms with van der Waals surface area (Å²) in [6.07, 6.45) is 2.11. The third-order valence-corrected chi connectivity index (χ3v) is 5.03. The molecule has 0 bridgehead atoms. The minimum atomic E-state index is -0.862. The Kier molecular flexibility index (Phi) is 5.31. The number of aromatic nitrogens is 1. The van der Waals surface area contributed by atoms with E-state index in [0.29, 0.717) is 24.7 Å². The van der Waals surface area contributed by atoms with E-state index >= 15 is 0 Å². The molecule has 2 heterocycles. The van der Waals surface area contributed by atoms with Crippen molar-refractivity contribution in [3.8, 4) is 11.5 Å². The maximum Gasteiger partial charge on any atom is 0.328 e. The van der Waals surface area contributed by atoms with Crippen LogP contribution >= 0.6 is 11.6 Å². The summed E-state index contributed by atoms with van der Waals surface area (Å²) in [6.45, 7) is 0.771. The Balaban J connectivity index is 1.58. The number of halogens is 1. The van der Waals surface area contributed by atoms with Gasteiger partial charge in [0.25, 0.3) is 5.91 Å². The van der Waals surface area contributed by atoms with Crippen LogP contribution in [0.5, 0.6) is 11.5 Å². The van der Waals surface area contributed by atoms with Gasteiger partial charge in [0.05, 0.1) is 12.1 Å². The molecule has 1 atom stereocenters. The van der Waals surface area contributed by atoms with Crippen LogP contribution in [0.3, 0.4) is 0 Å². The Morgan fingerprint density at radius 3 is 2.86 bits per heavy atom. The van der Waals surface area contributed by atoms with Crippen molar-refractivity contribution in [2.24, 2.45) is 0 Å². The van der Waals surface area contributed by atoms with Crippen molar-refractivity contribution in [2.75, 3.05) is 20.3 Å². The first-order valence-electron chi connectivity index (χ1n) is 9.09. The van der Waals surface area contributed by atoms with Gasteiger partial charge in [0.2, 0.25) is 0 Å². The average molecular weight is 415 g/mol. The Hall–Kier alpha value is -3.19. The molecule has 3 aromatic rings. The maximum atomic E-state index is 12.8. The van der Waals surface area contributed by atoms with Gasteiger partial charge in [-0.05, 0) is 23.8 Å². The van der Waals surface area contributed by atoms with Crippen LogP contribution in [-0.2, 0) is 16.0 Å². The highest BCUT2D eigenvalue weighted by atomic mass is 35.5. The molecule has 8 heteroatoms. The molecule has 0 unspecified atom stereocenters. The normalized spacial score (nSPS) is 13.7. The zero-order chi connectivity index (χ0) is 20.4. The van der Waals surface area contributed by atoms with Gasteiger partial charge in [-0.25, -0.2) is 4.79 Å². The third-order valence-electron chi connectivity index (χ3n) is 4.75. The quantitative estimate of drug-likeness (QED) is 0.626. The van der Waals surface area contributed by atoms with Crippen molar-refractivity contribution >= 4 is 34.4 Å². The van der Waals surface area contributed by atoms with Crippen LogP contribution in [0.2, 0.25) is 5.02 Å². The molecule has 29 heavy (non-hydrogen) atoms. The van der Waals surface area contributed by atoms with E-state index in [1.807, 2.05) is 30.5 Å². The van der Waals surface area contributed by atoms with Crippen LogP contribution in [0.25, 0.3) is 10.9 Å². The van der Waals surface area contributed by atoms with Gasteiger partial charge in [0, 0.05) is 29.1 Å². The van der Waals surface area contributed by atoms with Crippen LogP contribution < -0.4 is 14.8 Å². The molecule has 4 rings (SSSR count). The monoisotopic (exact) mass is 414 g/mol. The molecule has 1 aromatic heterocycles. The summed E-state index contributed by atoms with van der Waals surface area (Å²) in [5, 5.41) is 4.00. The lowest BCUT2D eigenvalue weighted by atomic mass is 10.0. The number of benzene rings is 2. The van der Waals surface area contributed by atoms with Crippen molar-refractivity contribution in [1.29, 1.82) is 0 Å². The molecule has 0 saturated heterocycles. The van der Waals surface area contributed by atoms with E-state index in [4.69, 9.17) is 25.8 Å². The van der Waals surface area contributed by atoms with Gasteiger partial charge < -0.3 is 24.5 Å². The second-order valence-electron chi connectivity index (χ2n) is 6.60. The number of carbonyl (C=O) groups excluding carboxylic acids is 2. The lowest BCUT2D eigenvalue weighted by molar-refractivity contribution is -0.142. The summed E-state index contributed by atoms with van der Waals surface area (Å²) in [5.74, 6) is -0.177. The number of carbonyl (C=O) groups is 2. The molecule has 150 valence electrons. The number of H-pyrrole nitrogens is 1. The SMILES string of the molecule is COC(=O)[C@@H](Cc1c[nH]c2ccccc12)NC(=O)c1cc(Cl)c2c(c1)OCCO2. The fraction of sp³-hybridized carbons (Fsp3) is 0.238. The first-order chi connectivity index (χ1) is 14.1. The molecule has 0 saturated carbocycles. The van der Waals surface area contributed by atoms with Crippen LogP contribution in [0.4, 0.5) is 0 Å². The van der Waals surface area contributed by atoms with E-state index in [9.17, 15) is 9.59 Å². The minimum absolute atomic E-state index is 0.270. The number of hydrogen-bond acceptors (Lipinski definition) is 5. The van der Waals surface area contributed by atoms with Crippen molar-refractivity contribution < 1.29 is 23.8 Å². The highest BCUT2D eigenvalue weighted by Crippen LogP contribution is 2.38. The van der Waals surface area contributed by atoms with Crippen LogP contribution in [0, 0.1) is 0 Å². The summed E-state index contributed by atoms with van der Waals surface area (Å²) in [4.78, 5) is 28.3. The molecular formula is C21H19ClN2O5. The smallest absolute Gasteiger partial charge is 0.328 e. The van der Waals surface area contributed by atoms with Crippen LogP contribution in [0.1, 0.15) is 15.9 Å². The second-order valence-corrected chi connectivity index (χ2v) is 7.00. The molecule has 7 nitrogen and oxygen atoms in total. The Bertz CT molecular complexity index is 1080. The number of nitrogens with one attached hydrogen (secondary N) is 2. The van der Waals surface area contributed by atoms with Gasteiger partial charge in [-0.1, -0.05) is 29.8 Å². The van der Waals surface area contributed by atoms with Crippen molar-refractivity contribution in [2.45, 2.75) is 12.5 Å². The maximum absolute atomic E-state index is 12.8. The predicted molar refractivity (Wildman–Crippen MR) is 108 cm³/mol. The first kappa shape index (κ1) is 19.1. The fourth-order valence-corrected chi connectivity index (χ4v) is 3.60. The summed E-state index contributed by atoms with van der Waals surface area (Å²) in [5.41, 5.74) is 2.12. The average Bonchev–Trinajstić information content (AvgIpc) is 3.15. The molecular weight excluding hydrogens is 396 g/mol. The fourth-order valence-electron chi connectivity index (χ4n) is 3.34. The van der Waals surface area contributed by atoms with Crippen LogP contribution in [0.15, 0.2) is 42.6 Å². The Morgan fingerprint density at radius 1 is 1.24 bits per heavy atom. The van der Waals surface area contributed by atoms with E-state index in [2.05, 4.69) is 10.3 Å². The number of aromatic amines is 1. The number of ether oxygens (including phenoxy) is 3. The molecule has 1 aliphatic rings. The van der Waals surface area contributed by atoms with Crippen molar-refractivity contribution in [3.05, 3.63) is 58.7 Å². The van der Waals surface area contributed by atoms with E-state index in [1.54, 1.807) is 6.07 Å². The van der Waals surface area contributed by atoms with Gasteiger partial charge in [-0.15, -0.1) is 0 Å². The van der Waals surface area contributed by atoms with Gasteiger partial charge in [0.15, 0.2) is 11.5 Å². The van der Waals surface area contributed by atoms with Gasteiger partial charge in [0.1, 0.15) is 19.3 Å². The lowest BCUT2D eigenvalue weighted by Crippen LogP contribution is -2.43. The molecule has 2 N–H and O–H groups in total. The number of methoxy groups -OCH3 is 1. The highest BCUT2D eigenvalue weighted by molar-refractivity contribution is 6.32. The lowest BCUT2D eigenvalue weighted by Gasteiger charge is -2.21. The minimum Gasteiger partial charge on any atom is -0.486 e. The van der Waals surface area contributed by atoms with Gasteiger partial charge in [-0.2, -0.15) is 0 Å². The number of hydrogen-bond donors (Lipinski definition) is 2. The second kappa shape index (κ2) is 8.05. The molecule has 1 amide bonds. The zero-order valence-corrected chi connectivity index (χ0v) is 16.4. The molecule has 1 aliphatic heterocycles. The van der Waals surface area contributed by atoms with E-state index in [-0.39, 0.29) is 17.0 Å². The van der Waals surface area contributed by atoms with Crippen LogP contribution in [-0.4, -0.2) is 43.2 Å². The van der Waals surface area contributed by atoms with Gasteiger partial charge >= 0.3 is 5.97 Å². The Labute approximate surface area is 171 Å². The standard InChI is InChI=1S/C21H19ClN2O5/c1-27-21(26)17(9-13-11-23-16-5-3-2-4-14(13)16)24-20(25)12-8-15(22)19-18(10-12)28-6-7-29-19/h2-5,8,10-11,17,23H,6-7,9H2,1H3,(H,24,25)/t17-/m1/s1. The highest BCUT2D eigenvalue weighted by Gasteiger charge is 2.26. The number of esters is 1. The Morgan fingerprint density at radius 2 is 2.03 bits per heavy atom. The molecule has 0 spiro atoms. The number of para-hydroxylation sites is 1. The summed E-state index contributed by atoms with van der Waals surface area (Å²) in [7, 11) is 1.29. The largest absolute Gasteiger partial charge is 0.486 e. The van der Waals surface area contributed by atoms with Gasteiger partial charge in [-0.3, -0.25) is 4.79 Å². The topological polar surface area (TPSA) is 89.7 Å². The number of rotatable bonds is 5. The van der Waals surface area contributed by atoms with E-state index in [1.165, 1.54) is 13.2 Å². The summed E-state index contributed by atoms with van der Waals surface area (Å²) in [6, 6.07) is 9.93. The molecule has 2 aromatic carbocycles. The number of fused-ring (bicyclic) bond motifs is 2. The predicted octanol–water partition coefficient (Wildman–Crippen LogP) is 3.11. The third kappa shape index (κ3) is 3.86. The van der Waals surface area contributed by atoms with Crippen molar-refractivity contribution in [3.63, 3.8) is 0 Å². The molecule has 0 aliphatic carbocycles. The van der Waals surface area contributed by atoms with Crippen molar-refractivity contribution in [1.82, 2.24) is 10.3 Å². The van der Waals surface area contributed by atoms with E-state index in [0.717, 1.165) is 16.5 Å². The summed E-state index contributed by atoms with van der Waals surface area (Å²) < 4.78 is 15.9.